The molecule has 7 rings (SSSR count). The second kappa shape index (κ2) is 20.4. The molecule has 4 heterocycles. The van der Waals surface area contributed by atoms with E-state index in [1.165, 1.54) is 18.9 Å². The summed E-state index contributed by atoms with van der Waals surface area (Å²) in [6.45, 7) is 3.05. The van der Waals surface area contributed by atoms with Crippen LogP contribution in [0.3, 0.4) is 0 Å². The number of hydrogen-bond donors (Lipinski definition) is 4. The van der Waals surface area contributed by atoms with Crippen LogP contribution in [0.5, 0.6) is 0 Å². The molecule has 3 aromatic rings. The van der Waals surface area contributed by atoms with Crippen LogP contribution in [0.2, 0.25) is 0 Å². The highest BCUT2D eigenvalue weighted by molar-refractivity contribution is 6.25. The van der Waals surface area contributed by atoms with Crippen LogP contribution in [-0.4, -0.2) is 120 Å². The van der Waals surface area contributed by atoms with Crippen LogP contribution in [0.25, 0.3) is 11.3 Å². The Labute approximate surface area is 348 Å². The molecule has 4 amide bonds. The number of halogens is 1. The number of ether oxygens (including phenoxy) is 3. The molecule has 2 saturated carbocycles. The number of hydrogen-bond acceptors (Lipinski definition) is 13. The van der Waals surface area contributed by atoms with Gasteiger partial charge in [-0.3, -0.25) is 38.9 Å². The van der Waals surface area contributed by atoms with E-state index in [0.29, 0.717) is 88.7 Å². The number of carbonyl (C=O) groups excluding carboxylic acids is 5. The van der Waals surface area contributed by atoms with Gasteiger partial charge in [-0.25, -0.2) is 9.37 Å². The van der Waals surface area contributed by atoms with Crippen molar-refractivity contribution in [1.29, 1.82) is 0 Å². The third-order valence-corrected chi connectivity index (χ3v) is 11.5. The van der Waals surface area contributed by atoms with Crippen LogP contribution < -0.4 is 21.3 Å². The van der Waals surface area contributed by atoms with Crippen LogP contribution in [0.1, 0.15) is 90.6 Å². The van der Waals surface area contributed by atoms with Crippen LogP contribution in [0.15, 0.2) is 36.5 Å². The van der Waals surface area contributed by atoms with E-state index < -0.39 is 29.7 Å². The second-order valence-electron chi connectivity index (χ2n) is 16.0. The third kappa shape index (κ3) is 11.0. The first-order chi connectivity index (χ1) is 29.2. The molecule has 0 bridgehead atoms. The number of imide groups is 2. The Balaban J connectivity index is 0.688. The minimum absolute atomic E-state index is 0.0599. The minimum atomic E-state index is -1.02. The van der Waals surface area contributed by atoms with E-state index in [-0.39, 0.29) is 47.7 Å². The monoisotopic (exact) mass is 830 g/mol. The predicted molar refractivity (Wildman–Crippen MR) is 219 cm³/mol. The molecule has 4 aliphatic rings. The Bertz CT molecular complexity index is 2030. The number of piperidine rings is 1. The lowest BCUT2D eigenvalue weighted by atomic mass is 9.91. The van der Waals surface area contributed by atoms with Gasteiger partial charge in [0.1, 0.15) is 29.2 Å². The SMILES string of the molecule is Cn1ncc(-c2nc(NC3CCC(NCC(=O)CCCOCCOCCOCCNc4cccc5c4C(=O)N(C4CCC(=O)NC4=O)C5=O)CC3)ccc2F)c1CC1CC1. The molecule has 2 aliphatic heterocycles. The number of fused-ring (bicyclic) bond motifs is 1. The molecule has 1 unspecified atom stereocenters. The smallest absolute Gasteiger partial charge is 0.264 e. The summed E-state index contributed by atoms with van der Waals surface area (Å²) in [5, 5.41) is 16.7. The molecular weight excluding hydrogens is 776 g/mol. The van der Waals surface area contributed by atoms with Crippen molar-refractivity contribution < 1.29 is 42.6 Å². The first kappa shape index (κ1) is 43.0. The molecule has 0 radical (unpaired) electrons. The standard InChI is InChI=1S/C43H55FN8O8/c1-51-36(24-27-7-8-27)32(26-47-51)40-33(44)13-15-37(49-40)48-29-11-9-28(10-12-29)46-25-30(53)4-3-18-58-20-22-60-23-21-59-19-17-45-34-6-2-5-31-39(34)43(57)52(42(31)56)35-14-16-38(54)50-41(35)55/h2,5-6,13,15,26-29,35,45-46H,3-4,7-12,14,16-25H2,1H3,(H,48,49)(H,50,54,55). The average molecular weight is 831 g/mol. The Morgan fingerprint density at radius 3 is 2.35 bits per heavy atom. The number of rotatable bonds is 23. The first-order valence-electron chi connectivity index (χ1n) is 21.2. The number of anilines is 2. The van der Waals surface area contributed by atoms with Crippen LogP contribution in [0, 0.1) is 11.7 Å². The van der Waals surface area contributed by atoms with Crippen molar-refractivity contribution in [3.63, 3.8) is 0 Å². The van der Waals surface area contributed by atoms with Crippen molar-refractivity contribution in [2.45, 2.75) is 88.8 Å². The topological polar surface area (TPSA) is 195 Å². The second-order valence-corrected chi connectivity index (χ2v) is 16.0. The largest absolute Gasteiger partial charge is 0.382 e. The summed E-state index contributed by atoms with van der Waals surface area (Å²) < 4.78 is 33.6. The minimum Gasteiger partial charge on any atom is -0.382 e. The summed E-state index contributed by atoms with van der Waals surface area (Å²) in [6, 6.07) is 7.58. The molecule has 322 valence electrons. The number of aromatic nitrogens is 3. The Morgan fingerprint density at radius 2 is 1.60 bits per heavy atom. The molecule has 1 atom stereocenters. The number of amides is 4. The van der Waals surface area contributed by atoms with Gasteiger partial charge >= 0.3 is 0 Å². The number of aryl methyl sites for hydroxylation is 1. The molecule has 1 saturated heterocycles. The number of nitrogens with one attached hydrogen (secondary N) is 4. The molecule has 2 aromatic heterocycles. The number of pyridine rings is 1. The summed E-state index contributed by atoms with van der Waals surface area (Å²) in [5.74, 6) is -1.05. The van der Waals surface area contributed by atoms with E-state index in [4.69, 9.17) is 14.2 Å². The van der Waals surface area contributed by atoms with Crippen LogP contribution in [0.4, 0.5) is 15.9 Å². The number of carbonyl (C=O) groups is 5. The van der Waals surface area contributed by atoms with Gasteiger partial charge in [0.25, 0.3) is 11.8 Å². The molecule has 17 heteroatoms. The van der Waals surface area contributed by atoms with Crippen molar-refractivity contribution in [3.05, 3.63) is 59.2 Å². The highest BCUT2D eigenvalue weighted by Gasteiger charge is 2.45. The van der Waals surface area contributed by atoms with Gasteiger partial charge in [-0.15, -0.1) is 0 Å². The average Bonchev–Trinajstić information content (AvgIpc) is 3.94. The van der Waals surface area contributed by atoms with E-state index in [1.807, 2.05) is 11.7 Å². The predicted octanol–water partition coefficient (Wildman–Crippen LogP) is 3.80. The fourth-order valence-electron chi connectivity index (χ4n) is 8.04. The van der Waals surface area contributed by atoms with Crippen LogP contribution >= 0.6 is 0 Å². The lowest BCUT2D eigenvalue weighted by Crippen LogP contribution is -2.54. The first-order valence-corrected chi connectivity index (χ1v) is 21.2. The van der Waals surface area contributed by atoms with Gasteiger partial charge in [0.2, 0.25) is 11.8 Å². The lowest BCUT2D eigenvalue weighted by molar-refractivity contribution is -0.136. The Morgan fingerprint density at radius 1 is 0.867 bits per heavy atom. The molecule has 3 fully saturated rings. The summed E-state index contributed by atoms with van der Waals surface area (Å²) in [5.41, 5.74) is 3.04. The van der Waals surface area contributed by atoms with E-state index >= 15 is 0 Å². The lowest BCUT2D eigenvalue weighted by Gasteiger charge is -2.30. The van der Waals surface area contributed by atoms with E-state index in [2.05, 4.69) is 31.3 Å². The zero-order valence-corrected chi connectivity index (χ0v) is 34.1. The van der Waals surface area contributed by atoms with Crippen LogP contribution in [-0.2, 0) is 42.1 Å². The molecule has 2 aliphatic carbocycles. The molecule has 60 heavy (non-hydrogen) atoms. The van der Waals surface area contributed by atoms with Crippen molar-refractivity contribution in [2.24, 2.45) is 13.0 Å². The third-order valence-electron chi connectivity index (χ3n) is 11.5. The van der Waals surface area contributed by atoms with E-state index in [9.17, 15) is 28.4 Å². The van der Waals surface area contributed by atoms with Gasteiger partial charge < -0.3 is 30.2 Å². The molecule has 1 aromatic carbocycles. The Kier molecular flexibility index (Phi) is 14.7. The molecular formula is C43H55FN8O8. The normalized spacial score (nSPS) is 20.4. The molecule has 0 spiro atoms. The van der Waals surface area contributed by atoms with Crippen molar-refractivity contribution >= 4 is 40.9 Å². The van der Waals surface area contributed by atoms with Crippen molar-refractivity contribution in [2.75, 3.05) is 63.4 Å². The number of benzene rings is 1. The number of Topliss-reactive ketones (excluding diaryl/α,β-unsaturated/α-hetero) is 1. The van der Waals surface area contributed by atoms with Gasteiger partial charge in [-0.2, -0.15) is 5.10 Å². The number of ketones is 1. The zero-order chi connectivity index (χ0) is 42.0. The number of nitrogens with zero attached hydrogens (tertiary/aromatic N) is 4. The van der Waals surface area contributed by atoms with E-state index in [1.54, 1.807) is 30.5 Å². The van der Waals surface area contributed by atoms with Crippen molar-refractivity contribution in [3.8, 4) is 11.3 Å². The summed E-state index contributed by atoms with van der Waals surface area (Å²) >= 11 is 0. The summed E-state index contributed by atoms with van der Waals surface area (Å²) in [6.07, 6.45) is 10.0. The van der Waals surface area contributed by atoms with Gasteiger partial charge in [0.05, 0.1) is 56.9 Å². The maximum absolute atomic E-state index is 14.9. The quantitative estimate of drug-likeness (QED) is 0.0797. The maximum atomic E-state index is 14.9. The van der Waals surface area contributed by atoms with Gasteiger partial charge in [-0.1, -0.05) is 6.07 Å². The zero-order valence-electron chi connectivity index (χ0n) is 34.1. The van der Waals surface area contributed by atoms with Gasteiger partial charge in [0.15, 0.2) is 0 Å². The maximum Gasteiger partial charge on any atom is 0.264 e. The Hall–Kier alpha value is -5.10. The molecule has 16 nitrogen and oxygen atoms in total. The fraction of sp³-hybridized carbons (Fsp3) is 0.558. The highest BCUT2D eigenvalue weighted by atomic mass is 19.1. The van der Waals surface area contributed by atoms with E-state index in [0.717, 1.165) is 48.3 Å². The van der Waals surface area contributed by atoms with Crippen molar-refractivity contribution in [1.82, 2.24) is 30.3 Å². The fourth-order valence-corrected chi connectivity index (χ4v) is 8.04. The highest BCUT2D eigenvalue weighted by Crippen LogP contribution is 2.36. The molecule has 4 N–H and O–H groups in total. The summed E-state index contributed by atoms with van der Waals surface area (Å²) in [7, 11) is 1.90. The van der Waals surface area contributed by atoms with Gasteiger partial charge in [-0.05, 0) is 88.0 Å². The summed E-state index contributed by atoms with van der Waals surface area (Å²) in [4.78, 5) is 68.2. The van der Waals surface area contributed by atoms with Gasteiger partial charge in [0, 0.05) is 62.1 Å².